The SMILES string of the molecule is O=C(Nc1ccc(F)cc1)[C@@H]1Oc2c(c(=O)oc3ccccc23)[C@H]1c1ccc2c(c1)OCO2. The summed E-state index contributed by atoms with van der Waals surface area (Å²) >= 11 is 0. The zero-order valence-corrected chi connectivity index (χ0v) is 17.0. The highest BCUT2D eigenvalue weighted by Gasteiger charge is 2.44. The number of ether oxygens (including phenoxy) is 3. The number of carbonyl (C=O) groups is 1. The predicted molar refractivity (Wildman–Crippen MR) is 116 cm³/mol. The van der Waals surface area contributed by atoms with Gasteiger partial charge in [-0.25, -0.2) is 9.18 Å². The smallest absolute Gasteiger partial charge is 0.344 e. The number of hydrogen-bond acceptors (Lipinski definition) is 6. The van der Waals surface area contributed by atoms with Gasteiger partial charge in [0.1, 0.15) is 17.1 Å². The van der Waals surface area contributed by atoms with Crippen LogP contribution in [0.2, 0.25) is 0 Å². The fourth-order valence-corrected chi connectivity index (χ4v) is 4.28. The van der Waals surface area contributed by atoms with Gasteiger partial charge in [0, 0.05) is 5.69 Å². The number of fused-ring (bicyclic) bond motifs is 4. The summed E-state index contributed by atoms with van der Waals surface area (Å²) in [5.74, 6) is -0.247. The van der Waals surface area contributed by atoms with E-state index in [4.69, 9.17) is 18.6 Å². The first-order valence-electron chi connectivity index (χ1n) is 10.3. The summed E-state index contributed by atoms with van der Waals surface area (Å²) < 4.78 is 35.8. The fourth-order valence-electron chi connectivity index (χ4n) is 4.28. The molecule has 0 unspecified atom stereocenters. The molecule has 2 aliphatic rings. The van der Waals surface area contributed by atoms with E-state index >= 15 is 0 Å². The maximum Gasteiger partial charge on any atom is 0.344 e. The molecular formula is C25H16FNO6. The van der Waals surface area contributed by atoms with Gasteiger partial charge < -0.3 is 23.9 Å². The number of halogens is 1. The lowest BCUT2D eigenvalue weighted by Gasteiger charge is -2.19. The second-order valence-electron chi connectivity index (χ2n) is 7.75. The molecule has 4 aromatic rings. The van der Waals surface area contributed by atoms with Crippen LogP contribution in [-0.2, 0) is 4.79 Å². The molecule has 8 heteroatoms. The van der Waals surface area contributed by atoms with Crippen LogP contribution in [0, 0.1) is 5.82 Å². The average molecular weight is 445 g/mol. The van der Waals surface area contributed by atoms with Crippen molar-refractivity contribution < 1.29 is 27.8 Å². The molecular weight excluding hydrogens is 429 g/mol. The Morgan fingerprint density at radius 1 is 0.970 bits per heavy atom. The van der Waals surface area contributed by atoms with Gasteiger partial charge in [0.15, 0.2) is 17.6 Å². The zero-order valence-electron chi connectivity index (χ0n) is 17.0. The second kappa shape index (κ2) is 7.37. The zero-order chi connectivity index (χ0) is 22.5. The molecule has 3 aromatic carbocycles. The summed E-state index contributed by atoms with van der Waals surface area (Å²) in [7, 11) is 0. The summed E-state index contributed by atoms with van der Waals surface area (Å²) in [6.45, 7) is 0.0950. The van der Waals surface area contributed by atoms with Crippen molar-refractivity contribution in [1.82, 2.24) is 0 Å². The Balaban J connectivity index is 1.48. The van der Waals surface area contributed by atoms with Crippen molar-refractivity contribution in [2.45, 2.75) is 12.0 Å². The highest BCUT2D eigenvalue weighted by molar-refractivity contribution is 5.97. The molecule has 2 atom stereocenters. The second-order valence-corrected chi connectivity index (χ2v) is 7.75. The number of hydrogen-bond donors (Lipinski definition) is 1. The van der Waals surface area contributed by atoms with Gasteiger partial charge in [-0.2, -0.15) is 0 Å². The number of benzene rings is 3. The first-order chi connectivity index (χ1) is 16.1. The minimum atomic E-state index is -1.07. The first-order valence-corrected chi connectivity index (χ1v) is 10.3. The van der Waals surface area contributed by atoms with E-state index in [1.165, 1.54) is 24.3 Å². The third-order valence-corrected chi connectivity index (χ3v) is 5.78. The predicted octanol–water partition coefficient (Wildman–Crippen LogP) is 4.19. The lowest BCUT2D eigenvalue weighted by Crippen LogP contribution is -2.35. The molecule has 1 N–H and O–H groups in total. The normalized spacial score (nSPS) is 18.1. The van der Waals surface area contributed by atoms with E-state index in [9.17, 15) is 14.0 Å². The largest absolute Gasteiger partial charge is 0.478 e. The van der Waals surface area contributed by atoms with E-state index in [-0.39, 0.29) is 12.4 Å². The van der Waals surface area contributed by atoms with E-state index in [0.717, 1.165) is 0 Å². The van der Waals surface area contributed by atoms with Crippen molar-refractivity contribution in [3.05, 3.63) is 94.1 Å². The first kappa shape index (κ1) is 19.4. The van der Waals surface area contributed by atoms with Crippen LogP contribution in [0.1, 0.15) is 17.0 Å². The van der Waals surface area contributed by atoms with Crippen molar-refractivity contribution in [1.29, 1.82) is 0 Å². The molecule has 6 rings (SSSR count). The molecule has 0 radical (unpaired) electrons. The van der Waals surface area contributed by atoms with Crippen LogP contribution in [0.4, 0.5) is 10.1 Å². The van der Waals surface area contributed by atoms with Crippen molar-refractivity contribution in [3.63, 3.8) is 0 Å². The minimum Gasteiger partial charge on any atom is -0.478 e. The van der Waals surface area contributed by atoms with Gasteiger partial charge in [-0.1, -0.05) is 18.2 Å². The number of para-hydroxylation sites is 1. The van der Waals surface area contributed by atoms with Gasteiger partial charge in [0.05, 0.1) is 16.9 Å². The van der Waals surface area contributed by atoms with Gasteiger partial charge in [0.25, 0.3) is 5.91 Å². The number of rotatable bonds is 3. The summed E-state index contributed by atoms with van der Waals surface area (Å²) in [6, 6.07) is 17.6. The van der Waals surface area contributed by atoms with Gasteiger partial charge in [-0.05, 0) is 54.1 Å². The van der Waals surface area contributed by atoms with Crippen LogP contribution in [0.15, 0.2) is 75.9 Å². The fraction of sp³-hybridized carbons (Fsp3) is 0.120. The number of carbonyl (C=O) groups excluding carboxylic acids is 1. The van der Waals surface area contributed by atoms with Crippen LogP contribution in [0.5, 0.6) is 17.2 Å². The highest BCUT2D eigenvalue weighted by Crippen LogP contribution is 2.46. The third kappa shape index (κ3) is 3.18. The molecule has 3 heterocycles. The van der Waals surface area contributed by atoms with Crippen molar-refractivity contribution in [2.24, 2.45) is 0 Å². The van der Waals surface area contributed by atoms with Gasteiger partial charge >= 0.3 is 5.63 Å². The summed E-state index contributed by atoms with van der Waals surface area (Å²) in [5, 5.41) is 3.34. The van der Waals surface area contributed by atoms with Crippen molar-refractivity contribution in [2.75, 3.05) is 12.1 Å². The molecule has 7 nitrogen and oxygen atoms in total. The number of anilines is 1. The quantitative estimate of drug-likeness (QED) is 0.476. The maximum atomic E-state index is 13.3. The van der Waals surface area contributed by atoms with Crippen LogP contribution in [0.25, 0.3) is 11.0 Å². The number of nitrogens with one attached hydrogen (secondary N) is 1. The molecule has 1 aromatic heterocycles. The molecule has 164 valence electrons. The van der Waals surface area contributed by atoms with E-state index in [1.807, 2.05) is 0 Å². The van der Waals surface area contributed by atoms with Crippen molar-refractivity contribution in [3.8, 4) is 17.2 Å². The molecule has 0 spiro atoms. The molecule has 0 saturated carbocycles. The molecule has 2 aliphatic heterocycles. The topological polar surface area (TPSA) is 87.0 Å². The number of amides is 1. The van der Waals surface area contributed by atoms with Crippen LogP contribution in [-0.4, -0.2) is 18.8 Å². The summed E-state index contributed by atoms with van der Waals surface area (Å²) in [4.78, 5) is 26.3. The summed E-state index contributed by atoms with van der Waals surface area (Å²) in [6.07, 6.45) is -1.07. The Kier molecular flexibility index (Phi) is 4.33. The molecule has 1 amide bonds. The maximum absolute atomic E-state index is 13.3. The molecule has 33 heavy (non-hydrogen) atoms. The lowest BCUT2D eigenvalue weighted by atomic mass is 9.88. The molecule has 0 saturated heterocycles. The van der Waals surface area contributed by atoms with E-state index in [2.05, 4.69) is 5.32 Å². The van der Waals surface area contributed by atoms with Gasteiger partial charge in [0.2, 0.25) is 6.79 Å². The minimum absolute atomic E-state index is 0.0950. The Morgan fingerprint density at radius 3 is 2.61 bits per heavy atom. The summed E-state index contributed by atoms with van der Waals surface area (Å²) in [5.41, 5.74) is 1.09. The Labute approximate surface area is 186 Å². The van der Waals surface area contributed by atoms with Gasteiger partial charge in [-0.3, -0.25) is 4.79 Å². The molecule has 0 bridgehead atoms. The third-order valence-electron chi connectivity index (χ3n) is 5.78. The van der Waals surface area contributed by atoms with Crippen LogP contribution in [0.3, 0.4) is 0 Å². The lowest BCUT2D eigenvalue weighted by molar-refractivity contribution is -0.122. The molecule has 0 aliphatic carbocycles. The molecule has 0 fully saturated rings. The average Bonchev–Trinajstić information content (AvgIpc) is 3.45. The monoisotopic (exact) mass is 445 g/mol. The van der Waals surface area contributed by atoms with Crippen LogP contribution < -0.4 is 25.2 Å². The van der Waals surface area contributed by atoms with E-state index < -0.39 is 29.4 Å². The van der Waals surface area contributed by atoms with E-state index in [0.29, 0.717) is 39.5 Å². The Bertz CT molecular complexity index is 1460. The Morgan fingerprint density at radius 2 is 1.76 bits per heavy atom. The highest BCUT2D eigenvalue weighted by atomic mass is 19.1. The van der Waals surface area contributed by atoms with Crippen molar-refractivity contribution >= 4 is 22.6 Å². The van der Waals surface area contributed by atoms with Crippen LogP contribution >= 0.6 is 0 Å². The van der Waals surface area contributed by atoms with Gasteiger partial charge in [-0.15, -0.1) is 0 Å². The Hall–Kier alpha value is -4.33. The van der Waals surface area contributed by atoms with E-state index in [1.54, 1.807) is 42.5 Å². The standard InChI is InChI=1S/C25H16FNO6/c26-14-6-8-15(9-7-14)27-24(28)23-20(13-5-10-18-19(11-13)31-12-30-18)21-22(33-23)16-3-1-2-4-17(16)32-25(21)29/h1-11,20,23H,12H2,(H,27,28)/t20-,23-/m1/s1.